The number of hydrogen-bond acceptors (Lipinski definition) is 4. The average Bonchev–Trinajstić information content (AvgIpc) is 2.75. The smallest absolute Gasteiger partial charge is 0.263 e. The van der Waals surface area contributed by atoms with Crippen molar-refractivity contribution >= 4 is 15.8 Å². The quantitative estimate of drug-likeness (QED) is 0.847. The molecule has 1 aromatic heterocycles. The molecular formula is C12H15N3O3S. The summed E-state index contributed by atoms with van der Waals surface area (Å²) in [6.45, 7) is 0.0400. The fraction of sp³-hybridized carbons (Fsp3) is 0.250. The van der Waals surface area contributed by atoms with E-state index in [-0.39, 0.29) is 17.3 Å². The third-order valence-corrected chi connectivity index (χ3v) is 3.96. The van der Waals surface area contributed by atoms with Crippen molar-refractivity contribution in [2.75, 3.05) is 11.3 Å². The molecule has 0 unspecified atom stereocenters. The molecule has 0 aliphatic carbocycles. The summed E-state index contributed by atoms with van der Waals surface area (Å²) in [5.74, 6) is 0.280. The molecule has 0 radical (unpaired) electrons. The number of aliphatic hydroxyl groups is 1. The topological polar surface area (TPSA) is 84.2 Å². The Morgan fingerprint density at radius 1 is 1.26 bits per heavy atom. The first-order valence-electron chi connectivity index (χ1n) is 5.73. The number of aliphatic hydroxyl groups excluding tert-OH is 1. The second-order valence-electron chi connectivity index (χ2n) is 4.10. The van der Waals surface area contributed by atoms with Crippen molar-refractivity contribution in [1.82, 2.24) is 9.78 Å². The standard InChI is InChI=1S/C12H15N3O3S/c1-15-8-6-12(13-15)14-19(17,18)11-4-2-10(3-5-11)7-9-16/h2-6,8,16H,7,9H2,1H3,(H,13,14). The summed E-state index contributed by atoms with van der Waals surface area (Å²) in [6.07, 6.45) is 2.16. The Morgan fingerprint density at radius 2 is 1.95 bits per heavy atom. The molecule has 0 bridgehead atoms. The monoisotopic (exact) mass is 281 g/mol. The Morgan fingerprint density at radius 3 is 2.47 bits per heavy atom. The van der Waals surface area contributed by atoms with E-state index in [0.29, 0.717) is 6.42 Å². The summed E-state index contributed by atoms with van der Waals surface area (Å²) in [6, 6.07) is 7.97. The molecule has 0 saturated carbocycles. The van der Waals surface area contributed by atoms with Gasteiger partial charge in [0.1, 0.15) is 0 Å². The van der Waals surface area contributed by atoms with E-state index in [1.807, 2.05) is 0 Å². The first-order valence-corrected chi connectivity index (χ1v) is 7.22. The molecule has 19 heavy (non-hydrogen) atoms. The molecule has 0 amide bonds. The number of nitrogens with zero attached hydrogens (tertiary/aromatic N) is 2. The Balaban J connectivity index is 2.19. The van der Waals surface area contributed by atoms with E-state index in [0.717, 1.165) is 5.56 Å². The minimum Gasteiger partial charge on any atom is -0.396 e. The molecule has 2 N–H and O–H groups in total. The van der Waals surface area contributed by atoms with Crippen molar-refractivity contribution in [3.63, 3.8) is 0 Å². The summed E-state index contributed by atoms with van der Waals surface area (Å²) < 4.78 is 28.1. The highest BCUT2D eigenvalue weighted by Crippen LogP contribution is 2.15. The van der Waals surface area contributed by atoms with Crippen molar-refractivity contribution in [3.05, 3.63) is 42.1 Å². The van der Waals surface area contributed by atoms with Crippen molar-refractivity contribution < 1.29 is 13.5 Å². The molecule has 102 valence electrons. The summed E-state index contributed by atoms with van der Waals surface area (Å²) in [4.78, 5) is 0.167. The SMILES string of the molecule is Cn1ccc(NS(=O)(=O)c2ccc(CCO)cc2)n1. The van der Waals surface area contributed by atoms with Crippen LogP contribution in [-0.4, -0.2) is 29.9 Å². The van der Waals surface area contributed by atoms with Gasteiger partial charge in [0.05, 0.1) is 4.90 Å². The van der Waals surface area contributed by atoms with Crippen molar-refractivity contribution in [2.24, 2.45) is 7.05 Å². The highest BCUT2D eigenvalue weighted by atomic mass is 32.2. The Kier molecular flexibility index (Phi) is 3.87. The largest absolute Gasteiger partial charge is 0.396 e. The maximum Gasteiger partial charge on any atom is 0.263 e. The summed E-state index contributed by atoms with van der Waals surface area (Å²) in [5.41, 5.74) is 0.888. The van der Waals surface area contributed by atoms with E-state index in [4.69, 9.17) is 5.11 Å². The Bertz CT molecular complexity index is 647. The van der Waals surface area contributed by atoms with Gasteiger partial charge in [0.2, 0.25) is 0 Å². The Hall–Kier alpha value is -1.86. The maximum atomic E-state index is 12.1. The lowest BCUT2D eigenvalue weighted by atomic mass is 10.2. The third kappa shape index (κ3) is 3.33. The number of benzene rings is 1. The zero-order valence-electron chi connectivity index (χ0n) is 10.4. The van der Waals surface area contributed by atoms with Gasteiger partial charge in [-0.1, -0.05) is 12.1 Å². The second kappa shape index (κ2) is 5.41. The van der Waals surface area contributed by atoms with Gasteiger partial charge in [0.15, 0.2) is 5.82 Å². The second-order valence-corrected chi connectivity index (χ2v) is 5.78. The van der Waals surface area contributed by atoms with Gasteiger partial charge in [-0.25, -0.2) is 8.42 Å². The van der Waals surface area contributed by atoms with Crippen LogP contribution in [0.2, 0.25) is 0 Å². The van der Waals surface area contributed by atoms with Crippen LogP contribution in [0.4, 0.5) is 5.82 Å². The van der Waals surface area contributed by atoms with Gasteiger partial charge in [0, 0.05) is 25.9 Å². The summed E-state index contributed by atoms with van der Waals surface area (Å²) >= 11 is 0. The van der Waals surface area contributed by atoms with Crippen LogP contribution in [0.15, 0.2) is 41.4 Å². The number of anilines is 1. The minimum absolute atomic E-state index is 0.0400. The summed E-state index contributed by atoms with van der Waals surface area (Å²) in [7, 11) is -1.91. The number of sulfonamides is 1. The van der Waals surface area contributed by atoms with E-state index >= 15 is 0 Å². The normalized spacial score (nSPS) is 11.5. The van der Waals surface area contributed by atoms with Crippen LogP contribution < -0.4 is 4.72 Å². The number of rotatable bonds is 5. The minimum atomic E-state index is -3.62. The van der Waals surface area contributed by atoms with Crippen LogP contribution in [0.1, 0.15) is 5.56 Å². The number of aryl methyl sites for hydroxylation is 1. The molecule has 0 fully saturated rings. The lowest BCUT2D eigenvalue weighted by molar-refractivity contribution is 0.299. The molecule has 0 aliphatic rings. The van der Waals surface area contributed by atoms with Crippen molar-refractivity contribution in [3.8, 4) is 0 Å². The van der Waals surface area contributed by atoms with Crippen molar-refractivity contribution in [1.29, 1.82) is 0 Å². The molecule has 7 heteroatoms. The lowest BCUT2D eigenvalue weighted by Gasteiger charge is -2.06. The van der Waals surface area contributed by atoms with Crippen LogP contribution in [0.5, 0.6) is 0 Å². The maximum absolute atomic E-state index is 12.1. The number of nitrogens with one attached hydrogen (secondary N) is 1. The molecule has 0 saturated heterocycles. The van der Waals surface area contributed by atoms with Crippen LogP contribution >= 0.6 is 0 Å². The average molecular weight is 281 g/mol. The first-order chi connectivity index (χ1) is 9.01. The lowest BCUT2D eigenvalue weighted by Crippen LogP contribution is -2.13. The van der Waals surface area contributed by atoms with Crippen LogP contribution in [0, 0.1) is 0 Å². The zero-order valence-corrected chi connectivity index (χ0v) is 11.3. The molecule has 0 aliphatic heterocycles. The van der Waals surface area contributed by atoms with Crippen LogP contribution in [0.3, 0.4) is 0 Å². The first kappa shape index (κ1) is 13.6. The predicted molar refractivity (Wildman–Crippen MR) is 71.2 cm³/mol. The molecule has 6 nitrogen and oxygen atoms in total. The van der Waals surface area contributed by atoms with Crippen molar-refractivity contribution in [2.45, 2.75) is 11.3 Å². The molecule has 1 heterocycles. The highest BCUT2D eigenvalue weighted by Gasteiger charge is 2.15. The van der Waals surface area contributed by atoms with E-state index in [1.165, 1.54) is 16.8 Å². The van der Waals surface area contributed by atoms with Gasteiger partial charge in [-0.3, -0.25) is 9.40 Å². The van der Waals surface area contributed by atoms with Gasteiger partial charge in [-0.05, 0) is 24.1 Å². The third-order valence-electron chi connectivity index (χ3n) is 2.59. The molecular weight excluding hydrogens is 266 g/mol. The summed E-state index contributed by atoms with van der Waals surface area (Å²) in [5, 5.41) is 12.8. The van der Waals surface area contributed by atoms with Gasteiger partial charge in [0.25, 0.3) is 10.0 Å². The van der Waals surface area contributed by atoms with Gasteiger partial charge in [-0.2, -0.15) is 5.10 Å². The van der Waals surface area contributed by atoms with Gasteiger partial charge in [-0.15, -0.1) is 0 Å². The number of hydrogen-bond donors (Lipinski definition) is 2. The van der Waals surface area contributed by atoms with E-state index < -0.39 is 10.0 Å². The van der Waals surface area contributed by atoms with Gasteiger partial charge < -0.3 is 5.11 Å². The molecule has 0 atom stereocenters. The van der Waals surface area contributed by atoms with Crippen LogP contribution in [0.25, 0.3) is 0 Å². The fourth-order valence-electron chi connectivity index (χ4n) is 1.63. The Labute approximate surface area is 111 Å². The van der Waals surface area contributed by atoms with Crippen LogP contribution in [-0.2, 0) is 23.5 Å². The predicted octanol–water partition coefficient (Wildman–Crippen LogP) is 0.756. The molecule has 1 aromatic carbocycles. The molecule has 2 rings (SSSR count). The van der Waals surface area contributed by atoms with E-state index in [2.05, 4.69) is 9.82 Å². The fourth-order valence-corrected chi connectivity index (χ4v) is 2.63. The molecule has 0 spiro atoms. The highest BCUT2D eigenvalue weighted by molar-refractivity contribution is 7.92. The number of aromatic nitrogens is 2. The van der Waals surface area contributed by atoms with E-state index in [1.54, 1.807) is 31.4 Å². The zero-order chi connectivity index (χ0) is 13.9. The van der Waals surface area contributed by atoms with E-state index in [9.17, 15) is 8.42 Å². The molecule has 2 aromatic rings. The van der Waals surface area contributed by atoms with Gasteiger partial charge >= 0.3 is 0 Å².